The number of nitrogens with one attached hydrogen (secondary N) is 2. The third kappa shape index (κ3) is 3.35. The van der Waals surface area contributed by atoms with Crippen LogP contribution in [0.3, 0.4) is 0 Å². The van der Waals surface area contributed by atoms with Crippen LogP contribution in [-0.4, -0.2) is 38.6 Å². The number of ether oxygens (including phenoxy) is 1. The summed E-state index contributed by atoms with van der Waals surface area (Å²) in [6.07, 6.45) is 3.22. The number of hydrogen-bond donors (Lipinski definition) is 2. The zero-order chi connectivity index (χ0) is 15.6. The Labute approximate surface area is 130 Å². The van der Waals surface area contributed by atoms with Crippen molar-refractivity contribution in [3.63, 3.8) is 0 Å². The molecule has 2 amide bonds. The topological polar surface area (TPSA) is 84.5 Å². The van der Waals surface area contributed by atoms with Crippen molar-refractivity contribution in [1.29, 1.82) is 0 Å². The monoisotopic (exact) mass is 324 g/mol. The van der Waals surface area contributed by atoms with Gasteiger partial charge in [0.1, 0.15) is 5.75 Å². The van der Waals surface area contributed by atoms with Crippen molar-refractivity contribution in [2.45, 2.75) is 30.9 Å². The number of benzene rings is 1. The molecule has 2 N–H and O–H groups in total. The maximum Gasteiger partial charge on any atom is 0.319 e. The highest BCUT2D eigenvalue weighted by Crippen LogP contribution is 2.27. The van der Waals surface area contributed by atoms with Crippen LogP contribution in [0.2, 0.25) is 0 Å². The fraction of sp³-hybridized carbons (Fsp3) is 0.533. The maximum absolute atomic E-state index is 11.9. The molecular formula is C15H20N2O4S. The van der Waals surface area contributed by atoms with Crippen LogP contribution in [0, 0.1) is 0 Å². The van der Waals surface area contributed by atoms with Crippen LogP contribution in [0.4, 0.5) is 10.5 Å². The van der Waals surface area contributed by atoms with Gasteiger partial charge in [0.15, 0.2) is 9.84 Å². The molecule has 1 saturated heterocycles. The predicted octanol–water partition coefficient (Wildman–Crippen LogP) is 1.71. The standard InChI is InChI=1S/C15H20N2O4S/c18-15(16-10-13-4-2-8-22(13,19)20)17-12-5-6-14-11(9-12)3-1-7-21-14/h5-6,9,13H,1-4,7-8,10H2,(H2,16,17,18). The normalized spacial score (nSPS) is 22.5. The Bertz CT molecular complexity index is 672. The quantitative estimate of drug-likeness (QED) is 0.886. The first-order valence-corrected chi connectivity index (χ1v) is 9.28. The average Bonchev–Trinajstić information content (AvgIpc) is 2.84. The molecule has 2 aliphatic rings. The van der Waals surface area contributed by atoms with E-state index in [2.05, 4.69) is 10.6 Å². The number of urea groups is 1. The van der Waals surface area contributed by atoms with E-state index < -0.39 is 15.1 Å². The predicted molar refractivity (Wildman–Crippen MR) is 84.1 cm³/mol. The lowest BCUT2D eigenvalue weighted by Gasteiger charge is -2.18. The minimum atomic E-state index is -3.03. The number of fused-ring (bicyclic) bond motifs is 1. The molecule has 22 heavy (non-hydrogen) atoms. The number of sulfone groups is 1. The second-order valence-electron chi connectivity index (χ2n) is 5.74. The van der Waals surface area contributed by atoms with Crippen molar-refractivity contribution in [2.24, 2.45) is 0 Å². The van der Waals surface area contributed by atoms with Crippen molar-refractivity contribution in [1.82, 2.24) is 5.32 Å². The van der Waals surface area contributed by atoms with Crippen molar-refractivity contribution in [3.05, 3.63) is 23.8 Å². The summed E-state index contributed by atoms with van der Waals surface area (Å²) in [5.41, 5.74) is 1.78. The molecule has 0 saturated carbocycles. The minimum absolute atomic E-state index is 0.169. The van der Waals surface area contributed by atoms with Crippen molar-refractivity contribution >= 4 is 21.6 Å². The van der Waals surface area contributed by atoms with Gasteiger partial charge in [-0.25, -0.2) is 13.2 Å². The summed E-state index contributed by atoms with van der Waals surface area (Å²) >= 11 is 0. The molecule has 1 aromatic carbocycles. The highest BCUT2D eigenvalue weighted by Gasteiger charge is 2.31. The fourth-order valence-electron chi connectivity index (χ4n) is 2.91. The highest BCUT2D eigenvalue weighted by atomic mass is 32.2. The van der Waals surface area contributed by atoms with Gasteiger partial charge < -0.3 is 15.4 Å². The van der Waals surface area contributed by atoms with E-state index in [1.165, 1.54) is 0 Å². The molecule has 7 heteroatoms. The van der Waals surface area contributed by atoms with E-state index in [4.69, 9.17) is 4.74 Å². The fourth-order valence-corrected chi connectivity index (χ4v) is 4.67. The molecule has 1 fully saturated rings. The summed E-state index contributed by atoms with van der Waals surface area (Å²) in [5, 5.41) is 4.94. The van der Waals surface area contributed by atoms with Crippen LogP contribution < -0.4 is 15.4 Å². The molecule has 0 aliphatic carbocycles. The maximum atomic E-state index is 11.9. The van der Waals surface area contributed by atoms with Crippen molar-refractivity contribution in [3.8, 4) is 5.75 Å². The second-order valence-corrected chi connectivity index (χ2v) is 8.14. The molecule has 1 atom stereocenters. The lowest BCUT2D eigenvalue weighted by molar-refractivity contribution is 0.252. The smallest absolute Gasteiger partial charge is 0.319 e. The molecule has 1 unspecified atom stereocenters. The molecule has 3 rings (SSSR count). The van der Waals surface area contributed by atoms with Crippen LogP contribution in [0.5, 0.6) is 5.75 Å². The number of carbonyl (C=O) groups excluding carboxylic acids is 1. The Morgan fingerprint density at radius 1 is 1.32 bits per heavy atom. The molecule has 0 bridgehead atoms. The second kappa shape index (κ2) is 6.16. The van der Waals surface area contributed by atoms with Gasteiger partial charge in [0.05, 0.1) is 17.6 Å². The van der Waals surface area contributed by atoms with Crippen LogP contribution in [-0.2, 0) is 16.3 Å². The SMILES string of the molecule is O=C(NCC1CCCS1(=O)=O)Nc1ccc2c(c1)CCCO2. The van der Waals surface area contributed by atoms with Gasteiger partial charge in [0.25, 0.3) is 0 Å². The van der Waals surface area contributed by atoms with Gasteiger partial charge in [-0.05, 0) is 49.4 Å². The van der Waals surface area contributed by atoms with Crippen LogP contribution in [0.25, 0.3) is 0 Å². The number of hydrogen-bond acceptors (Lipinski definition) is 4. The van der Waals surface area contributed by atoms with Crippen molar-refractivity contribution in [2.75, 3.05) is 24.2 Å². The van der Waals surface area contributed by atoms with Crippen LogP contribution in [0.1, 0.15) is 24.8 Å². The third-order valence-corrected chi connectivity index (χ3v) is 6.40. The summed E-state index contributed by atoms with van der Waals surface area (Å²) in [4.78, 5) is 11.9. The van der Waals surface area contributed by atoms with Gasteiger partial charge in [-0.1, -0.05) is 0 Å². The summed E-state index contributed by atoms with van der Waals surface area (Å²) < 4.78 is 28.9. The van der Waals surface area contributed by atoms with E-state index in [0.29, 0.717) is 18.5 Å². The van der Waals surface area contributed by atoms with Gasteiger partial charge in [-0.15, -0.1) is 0 Å². The summed E-state index contributed by atoms with van der Waals surface area (Å²) in [6.45, 7) is 0.901. The summed E-state index contributed by atoms with van der Waals surface area (Å²) in [6, 6.07) is 5.17. The largest absolute Gasteiger partial charge is 0.493 e. The highest BCUT2D eigenvalue weighted by molar-refractivity contribution is 7.92. The molecular weight excluding hydrogens is 304 g/mol. The summed E-state index contributed by atoms with van der Waals surface area (Å²) in [5.74, 6) is 1.10. The van der Waals surface area contributed by atoms with E-state index in [-0.39, 0.29) is 18.3 Å². The number of amides is 2. The van der Waals surface area contributed by atoms with Gasteiger partial charge in [-0.2, -0.15) is 0 Å². The average molecular weight is 324 g/mol. The Morgan fingerprint density at radius 2 is 2.18 bits per heavy atom. The zero-order valence-electron chi connectivity index (χ0n) is 12.3. The lowest BCUT2D eigenvalue weighted by Crippen LogP contribution is -2.37. The Hall–Kier alpha value is -1.76. The van der Waals surface area contributed by atoms with Crippen LogP contribution in [0.15, 0.2) is 18.2 Å². The van der Waals surface area contributed by atoms with E-state index in [1.807, 2.05) is 12.1 Å². The van der Waals surface area contributed by atoms with Gasteiger partial charge in [0.2, 0.25) is 0 Å². The molecule has 2 aliphatic heterocycles. The minimum Gasteiger partial charge on any atom is -0.493 e. The number of aryl methyl sites for hydroxylation is 1. The Morgan fingerprint density at radius 3 is 2.95 bits per heavy atom. The molecule has 0 radical (unpaired) electrons. The Kier molecular flexibility index (Phi) is 4.24. The first-order chi connectivity index (χ1) is 10.5. The summed E-state index contributed by atoms with van der Waals surface area (Å²) in [7, 11) is -3.03. The Balaban J connectivity index is 1.56. The first-order valence-electron chi connectivity index (χ1n) is 7.57. The van der Waals surface area contributed by atoms with Gasteiger partial charge >= 0.3 is 6.03 Å². The van der Waals surface area contributed by atoms with Crippen molar-refractivity contribution < 1.29 is 17.9 Å². The molecule has 0 spiro atoms. The number of carbonyl (C=O) groups is 1. The molecule has 1 aromatic rings. The third-order valence-electron chi connectivity index (χ3n) is 4.12. The van der Waals surface area contributed by atoms with E-state index in [9.17, 15) is 13.2 Å². The molecule has 6 nitrogen and oxygen atoms in total. The van der Waals surface area contributed by atoms with E-state index in [0.717, 1.165) is 30.8 Å². The molecule has 0 aromatic heterocycles. The van der Waals surface area contributed by atoms with E-state index >= 15 is 0 Å². The van der Waals surface area contributed by atoms with Gasteiger partial charge in [0, 0.05) is 12.2 Å². The van der Waals surface area contributed by atoms with Crippen LogP contribution >= 0.6 is 0 Å². The first kappa shape index (κ1) is 15.1. The van der Waals surface area contributed by atoms with Gasteiger partial charge in [-0.3, -0.25) is 0 Å². The van der Waals surface area contributed by atoms with E-state index in [1.54, 1.807) is 6.07 Å². The zero-order valence-corrected chi connectivity index (χ0v) is 13.1. The number of anilines is 1. The number of rotatable bonds is 3. The lowest BCUT2D eigenvalue weighted by atomic mass is 10.1. The molecule has 120 valence electrons. The molecule has 2 heterocycles.